The van der Waals surface area contributed by atoms with Crippen LogP contribution in [0.3, 0.4) is 0 Å². The van der Waals surface area contributed by atoms with Crippen LogP contribution in [0.5, 0.6) is 0 Å². The topological polar surface area (TPSA) is 53.3 Å². The Hall–Kier alpha value is -1.34. The molecule has 4 heteroatoms. The second-order valence-electron chi connectivity index (χ2n) is 9.31. The van der Waals surface area contributed by atoms with Gasteiger partial charge in [-0.25, -0.2) is 0 Å². The molecule has 5 aliphatic rings. The lowest BCUT2D eigenvalue weighted by molar-refractivity contribution is -0.130. The summed E-state index contributed by atoms with van der Waals surface area (Å²) in [4.78, 5) is 15.1. The van der Waals surface area contributed by atoms with Gasteiger partial charge in [0.05, 0.1) is 12.5 Å². The Kier molecular flexibility index (Phi) is 5.10. The van der Waals surface area contributed by atoms with E-state index in [-0.39, 0.29) is 11.9 Å². The van der Waals surface area contributed by atoms with Crippen LogP contribution in [-0.4, -0.2) is 36.6 Å². The van der Waals surface area contributed by atoms with Gasteiger partial charge in [0.1, 0.15) is 0 Å². The van der Waals surface area contributed by atoms with E-state index in [0.29, 0.717) is 18.4 Å². The number of carbonyl (C=O) groups excluding carboxylic acids is 1. The molecule has 1 aliphatic heterocycles. The number of rotatable bonds is 5. The maximum absolute atomic E-state index is 13.2. The fraction of sp³-hybridized carbons (Fsp3) is 0.818. The SMILES string of the molecule is C/C(=C/C(=O)N(CCC#N)C1CCOCC1)C12CC3CC(CC(C3)C1)C2. The van der Waals surface area contributed by atoms with Crippen LogP contribution in [0.15, 0.2) is 11.6 Å². The van der Waals surface area contributed by atoms with E-state index in [4.69, 9.17) is 10.00 Å². The van der Waals surface area contributed by atoms with Gasteiger partial charge in [-0.2, -0.15) is 5.26 Å². The quantitative estimate of drug-likeness (QED) is 0.698. The van der Waals surface area contributed by atoms with Gasteiger partial charge in [-0.05, 0) is 81.5 Å². The molecule has 0 N–H and O–H groups in total. The molecule has 1 amide bonds. The summed E-state index contributed by atoms with van der Waals surface area (Å²) in [5.41, 5.74) is 1.61. The van der Waals surface area contributed by atoms with Crippen LogP contribution < -0.4 is 0 Å². The van der Waals surface area contributed by atoms with E-state index in [1.54, 1.807) is 0 Å². The van der Waals surface area contributed by atoms with Crippen LogP contribution in [0.25, 0.3) is 0 Å². The number of hydrogen-bond donors (Lipinski definition) is 0. The van der Waals surface area contributed by atoms with Crippen LogP contribution in [0, 0.1) is 34.5 Å². The molecule has 4 saturated carbocycles. The standard InChI is InChI=1S/C22H32N2O2/c1-16(22-13-17-10-18(14-22)12-19(11-17)15-22)9-21(25)24(6-2-5-23)20-3-7-26-8-4-20/h9,17-20H,2-4,6-8,10-15H2,1H3/b16-9-. The lowest BCUT2D eigenvalue weighted by Crippen LogP contribution is -2.47. The van der Waals surface area contributed by atoms with Gasteiger partial charge < -0.3 is 9.64 Å². The van der Waals surface area contributed by atoms with Gasteiger partial charge in [0.15, 0.2) is 0 Å². The summed E-state index contributed by atoms with van der Waals surface area (Å²) in [6.45, 7) is 4.19. The minimum absolute atomic E-state index is 0.125. The summed E-state index contributed by atoms with van der Waals surface area (Å²) in [7, 11) is 0. The van der Waals surface area contributed by atoms with E-state index < -0.39 is 0 Å². The van der Waals surface area contributed by atoms with E-state index in [2.05, 4.69) is 13.0 Å². The summed E-state index contributed by atoms with van der Waals surface area (Å²) in [6, 6.07) is 2.44. The minimum Gasteiger partial charge on any atom is -0.381 e. The van der Waals surface area contributed by atoms with Crippen LogP contribution in [0.4, 0.5) is 0 Å². The predicted octanol–water partition coefficient (Wildman–Crippen LogP) is 4.07. The highest BCUT2D eigenvalue weighted by molar-refractivity contribution is 5.88. The molecule has 0 aromatic carbocycles. The van der Waals surface area contributed by atoms with Gasteiger partial charge in [-0.1, -0.05) is 5.57 Å². The normalized spacial score (nSPS) is 36.8. The highest BCUT2D eigenvalue weighted by Gasteiger charge is 2.51. The first-order chi connectivity index (χ1) is 12.6. The largest absolute Gasteiger partial charge is 0.381 e. The number of amides is 1. The molecular weight excluding hydrogens is 324 g/mol. The first kappa shape index (κ1) is 18.0. The van der Waals surface area contributed by atoms with Gasteiger partial charge >= 0.3 is 0 Å². The van der Waals surface area contributed by atoms with E-state index in [9.17, 15) is 4.79 Å². The lowest BCUT2D eigenvalue weighted by Gasteiger charge is -2.57. The number of ether oxygens (including phenoxy) is 1. The number of nitriles is 1. The molecule has 5 rings (SSSR count). The predicted molar refractivity (Wildman–Crippen MR) is 100 cm³/mol. The van der Waals surface area contributed by atoms with Crippen LogP contribution >= 0.6 is 0 Å². The average molecular weight is 357 g/mol. The zero-order valence-electron chi connectivity index (χ0n) is 16.1. The number of carbonyl (C=O) groups is 1. The van der Waals surface area contributed by atoms with Crippen molar-refractivity contribution in [2.75, 3.05) is 19.8 Å². The van der Waals surface area contributed by atoms with Crippen molar-refractivity contribution in [2.45, 2.75) is 70.8 Å². The zero-order valence-corrected chi connectivity index (χ0v) is 16.1. The molecule has 0 spiro atoms. The third-order valence-corrected chi connectivity index (χ3v) is 7.59. The molecular formula is C22H32N2O2. The molecule has 1 saturated heterocycles. The molecule has 0 aromatic heterocycles. The molecule has 142 valence electrons. The minimum atomic E-state index is 0.125. The average Bonchev–Trinajstić information content (AvgIpc) is 2.62. The van der Waals surface area contributed by atoms with E-state index >= 15 is 0 Å². The van der Waals surface area contributed by atoms with Crippen molar-refractivity contribution in [2.24, 2.45) is 23.2 Å². The van der Waals surface area contributed by atoms with Crippen LogP contribution in [0.1, 0.15) is 64.7 Å². The van der Waals surface area contributed by atoms with E-state index in [1.165, 1.54) is 44.1 Å². The fourth-order valence-corrected chi connectivity index (χ4v) is 6.65. The number of hydrogen-bond acceptors (Lipinski definition) is 3. The van der Waals surface area contributed by atoms with Gasteiger partial charge in [-0.15, -0.1) is 0 Å². The second kappa shape index (κ2) is 7.35. The second-order valence-corrected chi connectivity index (χ2v) is 9.31. The Balaban J connectivity index is 1.51. The highest BCUT2D eigenvalue weighted by Crippen LogP contribution is 2.62. The van der Waals surface area contributed by atoms with Gasteiger partial charge in [-0.3, -0.25) is 4.79 Å². The van der Waals surface area contributed by atoms with Crippen molar-refractivity contribution >= 4 is 5.91 Å². The summed E-state index contributed by atoms with van der Waals surface area (Å²) < 4.78 is 5.46. The highest BCUT2D eigenvalue weighted by atomic mass is 16.5. The first-order valence-corrected chi connectivity index (χ1v) is 10.5. The Morgan fingerprint density at radius 3 is 2.27 bits per heavy atom. The molecule has 4 aliphatic carbocycles. The van der Waals surface area contributed by atoms with Crippen molar-refractivity contribution in [3.05, 3.63) is 11.6 Å². The summed E-state index contributed by atoms with van der Waals surface area (Å²) in [5.74, 6) is 2.81. The Labute approximate surface area is 157 Å². The Morgan fingerprint density at radius 2 is 1.73 bits per heavy atom. The maximum Gasteiger partial charge on any atom is 0.246 e. The number of nitrogens with zero attached hydrogens (tertiary/aromatic N) is 2. The van der Waals surface area contributed by atoms with Gasteiger partial charge in [0, 0.05) is 31.9 Å². The molecule has 0 aromatic rings. The molecule has 4 nitrogen and oxygen atoms in total. The third-order valence-electron chi connectivity index (χ3n) is 7.59. The lowest BCUT2D eigenvalue weighted by atomic mass is 9.48. The Morgan fingerprint density at radius 1 is 1.15 bits per heavy atom. The Bertz CT molecular complexity index is 577. The van der Waals surface area contributed by atoms with Crippen molar-refractivity contribution in [3.63, 3.8) is 0 Å². The molecule has 0 radical (unpaired) electrons. The van der Waals surface area contributed by atoms with E-state index in [1.807, 2.05) is 11.0 Å². The van der Waals surface area contributed by atoms with E-state index in [0.717, 1.165) is 43.8 Å². The van der Waals surface area contributed by atoms with Gasteiger partial charge in [0.25, 0.3) is 0 Å². The van der Waals surface area contributed by atoms with Crippen LogP contribution in [0.2, 0.25) is 0 Å². The summed E-state index contributed by atoms with van der Waals surface area (Å²) in [5, 5.41) is 9.00. The maximum atomic E-state index is 13.2. The molecule has 0 atom stereocenters. The molecule has 1 heterocycles. The monoisotopic (exact) mass is 356 g/mol. The van der Waals surface area contributed by atoms with Gasteiger partial charge in [0.2, 0.25) is 5.91 Å². The zero-order chi connectivity index (χ0) is 18.1. The third kappa shape index (κ3) is 3.43. The summed E-state index contributed by atoms with van der Waals surface area (Å²) in [6.07, 6.45) is 12.3. The van der Waals surface area contributed by atoms with Crippen LogP contribution in [-0.2, 0) is 9.53 Å². The van der Waals surface area contributed by atoms with Crippen molar-refractivity contribution in [1.29, 1.82) is 5.26 Å². The first-order valence-electron chi connectivity index (χ1n) is 10.5. The van der Waals surface area contributed by atoms with Crippen molar-refractivity contribution in [1.82, 2.24) is 4.90 Å². The number of allylic oxidation sites excluding steroid dienone is 1. The van der Waals surface area contributed by atoms with Crippen molar-refractivity contribution < 1.29 is 9.53 Å². The molecule has 0 unspecified atom stereocenters. The molecule has 5 fully saturated rings. The van der Waals surface area contributed by atoms with Crippen molar-refractivity contribution in [3.8, 4) is 6.07 Å². The summed E-state index contributed by atoms with van der Waals surface area (Å²) >= 11 is 0. The molecule has 26 heavy (non-hydrogen) atoms. The molecule has 4 bridgehead atoms. The smallest absolute Gasteiger partial charge is 0.246 e. The fourth-order valence-electron chi connectivity index (χ4n) is 6.65.